The molecule has 9 atom stereocenters. The summed E-state index contributed by atoms with van der Waals surface area (Å²) in [5, 5.41) is 29.8. The van der Waals surface area contributed by atoms with E-state index in [1.807, 2.05) is 127 Å². The maximum Gasteiger partial charge on any atom is 0.328 e. The lowest BCUT2D eigenvalue weighted by molar-refractivity contribution is -0.161. The number of aliphatic hydroxyl groups is 2. The molecule has 0 aliphatic carbocycles. The van der Waals surface area contributed by atoms with Crippen molar-refractivity contribution in [3.63, 3.8) is 0 Å². The van der Waals surface area contributed by atoms with Gasteiger partial charge in [-0.3, -0.25) is 28.8 Å². The number of benzene rings is 2. The molecule has 23 heteroatoms. The maximum absolute atomic E-state index is 14.2. The molecule has 1 aromatic heterocycles. The molecule has 0 saturated carbocycles. The van der Waals surface area contributed by atoms with Crippen LogP contribution in [0.5, 0.6) is 11.5 Å². The van der Waals surface area contributed by atoms with E-state index in [2.05, 4.69) is 0 Å². The molecule has 3 N–H and O–H groups in total. The molecule has 2 aromatic carbocycles. The highest BCUT2D eigenvalue weighted by molar-refractivity contribution is 5.93. The molecule has 5 aliphatic heterocycles. The summed E-state index contributed by atoms with van der Waals surface area (Å²) in [5.41, 5.74) is 0.245. The van der Waals surface area contributed by atoms with Crippen LogP contribution in [0.15, 0.2) is 54.6 Å². The number of amides is 5. The number of aliphatic carboxylic acids is 1. The van der Waals surface area contributed by atoms with Crippen molar-refractivity contribution in [1.82, 2.24) is 29.5 Å². The van der Waals surface area contributed by atoms with Gasteiger partial charge in [0.2, 0.25) is 29.5 Å². The molecule has 0 unspecified atom stereocenters. The van der Waals surface area contributed by atoms with Gasteiger partial charge in [-0.1, -0.05) is 92.6 Å². The summed E-state index contributed by atoms with van der Waals surface area (Å²) in [6, 6.07) is 14.7. The number of nitrogens with zero attached hydrogens (tertiary/aromatic N) is 6. The zero-order valence-corrected chi connectivity index (χ0v) is 58.1. The minimum absolute atomic E-state index is 0.00434. The van der Waals surface area contributed by atoms with Crippen LogP contribution in [0, 0.1) is 34.0 Å². The highest BCUT2D eigenvalue weighted by Crippen LogP contribution is 2.40. The predicted molar refractivity (Wildman–Crippen MR) is 352 cm³/mol. The first-order valence-electron chi connectivity index (χ1n) is 33.1. The average Bonchev–Trinajstić information content (AvgIpc) is 1.42. The van der Waals surface area contributed by atoms with E-state index in [0.717, 1.165) is 81.3 Å². The summed E-state index contributed by atoms with van der Waals surface area (Å²) in [7, 11) is 4.22. The van der Waals surface area contributed by atoms with Crippen LogP contribution in [0.2, 0.25) is 0 Å². The minimum atomic E-state index is -1.15. The van der Waals surface area contributed by atoms with Gasteiger partial charge in [0.05, 0.1) is 75.5 Å². The van der Waals surface area contributed by atoms with Gasteiger partial charge in [-0.05, 0) is 87.7 Å². The minimum Gasteiger partial charge on any atom is -0.497 e. The van der Waals surface area contributed by atoms with Crippen molar-refractivity contribution in [2.24, 2.45) is 34.0 Å². The number of hydrogen-bond donors (Lipinski definition) is 3. The van der Waals surface area contributed by atoms with E-state index in [0.29, 0.717) is 17.0 Å². The maximum atomic E-state index is 14.2. The molecule has 520 valence electrons. The van der Waals surface area contributed by atoms with Gasteiger partial charge in [0.1, 0.15) is 41.3 Å². The van der Waals surface area contributed by atoms with Crippen molar-refractivity contribution < 1.29 is 82.2 Å². The number of esters is 3. The van der Waals surface area contributed by atoms with Crippen molar-refractivity contribution in [2.45, 2.75) is 202 Å². The van der Waals surface area contributed by atoms with Crippen LogP contribution in [0.25, 0.3) is 22.2 Å². The standard InChI is InChI=1S/C35H43N3O6.C19H32N2O5.C17H29NO6/c1-35(2,3)27(20-32(39)37-16-10-7-11-17-37)33(40)38-22-25(19-30(38)34(41)43-5)44-31-21-28(23-12-8-6-9-13-23)36-29-18-24(42-4)14-15-26(29)31;1-19(2,3)14(11-16(23)20-8-6-5-7-9-20)17(24)21-12-13(22)10-15(21)18(25)26-4;1-16(2,3)11(8-13(20)24-17(4,5)6)14(21)18-9-10(19)7-12(18)15(22)23/h6,8-9,12-15,18,21,25,27,30H,7,10-11,16-17,19-20,22H2,1-5H3;13-15,22H,5-12H2,1-4H3;10-12,19H,7-9H2,1-6H3,(H,22,23)/t25-,27-,30+;13-,14+,15-;10-,11+,12-/m100/s1. The monoisotopic (exact) mass is 1310 g/mol. The Bertz CT molecular complexity index is 3140. The van der Waals surface area contributed by atoms with E-state index in [-0.39, 0.29) is 81.8 Å². The lowest BCUT2D eigenvalue weighted by atomic mass is 9.77. The van der Waals surface area contributed by atoms with Crippen LogP contribution in [0.1, 0.15) is 160 Å². The lowest BCUT2D eigenvalue weighted by Crippen LogP contribution is -2.49. The van der Waals surface area contributed by atoms with Crippen molar-refractivity contribution >= 4 is 64.3 Å². The Labute approximate surface area is 554 Å². The number of methoxy groups -OCH3 is 3. The molecule has 5 saturated heterocycles. The zero-order valence-electron chi connectivity index (χ0n) is 58.1. The fourth-order valence-corrected chi connectivity index (χ4v) is 12.9. The fraction of sp³-hybridized carbons (Fsp3) is 0.662. The summed E-state index contributed by atoms with van der Waals surface area (Å²) in [4.78, 5) is 128. The van der Waals surface area contributed by atoms with Crippen LogP contribution in [-0.4, -0.2) is 207 Å². The second-order valence-electron chi connectivity index (χ2n) is 29.8. The van der Waals surface area contributed by atoms with Gasteiger partial charge >= 0.3 is 23.9 Å². The van der Waals surface area contributed by atoms with Crippen molar-refractivity contribution in [1.29, 1.82) is 0 Å². The van der Waals surface area contributed by atoms with E-state index < -0.39 is 106 Å². The van der Waals surface area contributed by atoms with Crippen LogP contribution >= 0.6 is 0 Å². The number of ether oxygens (including phenoxy) is 5. The Balaban J connectivity index is 0.000000240. The number of likely N-dealkylation sites (tertiary alicyclic amines) is 5. The van der Waals surface area contributed by atoms with E-state index in [9.17, 15) is 58.5 Å². The van der Waals surface area contributed by atoms with Gasteiger partial charge in [0, 0.05) is 94.5 Å². The Hall–Kier alpha value is -7.40. The number of aliphatic hydroxyl groups excluding tert-OH is 2. The second kappa shape index (κ2) is 32.4. The van der Waals surface area contributed by atoms with Gasteiger partial charge in [-0.15, -0.1) is 0 Å². The Morgan fingerprint density at radius 1 is 0.543 bits per heavy atom. The van der Waals surface area contributed by atoms with E-state index >= 15 is 0 Å². The third-order valence-corrected chi connectivity index (χ3v) is 18.2. The van der Waals surface area contributed by atoms with E-state index in [1.165, 1.54) is 24.0 Å². The fourth-order valence-electron chi connectivity index (χ4n) is 12.9. The molecule has 0 bridgehead atoms. The number of fused-ring (bicyclic) bond motifs is 1. The van der Waals surface area contributed by atoms with E-state index in [4.69, 9.17) is 28.7 Å². The van der Waals surface area contributed by atoms with Gasteiger partial charge in [0.25, 0.3) is 0 Å². The highest BCUT2D eigenvalue weighted by atomic mass is 16.6. The molecule has 0 spiro atoms. The van der Waals surface area contributed by atoms with Crippen molar-refractivity contribution in [3.8, 4) is 22.8 Å². The number of carbonyl (C=O) groups is 9. The number of β-amino-alcohol motifs (C(OH)–C–C–N with tert-alkyl or cyclic N) is 2. The lowest BCUT2D eigenvalue weighted by Gasteiger charge is -2.36. The van der Waals surface area contributed by atoms with Gasteiger partial charge < -0.3 is 63.5 Å². The molecule has 5 fully saturated rings. The number of pyridine rings is 1. The summed E-state index contributed by atoms with van der Waals surface area (Å²) in [6.07, 6.45) is 4.71. The third-order valence-electron chi connectivity index (χ3n) is 18.2. The Kier molecular flexibility index (Phi) is 26.0. The third kappa shape index (κ3) is 20.3. The second-order valence-corrected chi connectivity index (χ2v) is 29.8. The van der Waals surface area contributed by atoms with E-state index in [1.54, 1.807) is 32.8 Å². The largest absolute Gasteiger partial charge is 0.497 e. The number of aromatic nitrogens is 1. The number of carboxylic acids is 1. The van der Waals surface area contributed by atoms with Crippen LogP contribution in [0.3, 0.4) is 0 Å². The van der Waals surface area contributed by atoms with Gasteiger partial charge in [0.15, 0.2) is 0 Å². The smallest absolute Gasteiger partial charge is 0.328 e. The highest BCUT2D eigenvalue weighted by Gasteiger charge is 2.49. The van der Waals surface area contributed by atoms with Crippen LogP contribution in [0.4, 0.5) is 0 Å². The number of carboxylic acid groups (broad SMARTS) is 1. The predicted octanol–water partition coefficient (Wildman–Crippen LogP) is 8.11. The molecule has 0 radical (unpaired) electrons. The number of hydrogen-bond acceptors (Lipinski definition) is 17. The summed E-state index contributed by atoms with van der Waals surface area (Å²) < 4.78 is 27.3. The molecule has 3 aromatic rings. The van der Waals surface area contributed by atoms with Crippen LogP contribution in [-0.2, 0) is 57.4 Å². The Morgan fingerprint density at radius 2 is 0.979 bits per heavy atom. The Morgan fingerprint density at radius 3 is 1.41 bits per heavy atom. The molecule has 5 aliphatic rings. The SMILES string of the molecule is CC(C)(C)OC(=O)C[C@H](C(=O)N1C[C@@H](O)C[C@H]1C(=O)O)C(C)(C)C.COC(=O)[C@@H]1C[C@@H](Oc2cc(-c3ccccc3)nc3cc(OC)ccc23)CN1C(=O)[C@@H](CC(=O)N1CCCCC1)C(C)(C)C.COC(=O)[C@@H]1C[C@H](O)CN1C(=O)[C@@H](CC(=O)N1CCCCC1)C(C)(C)C. The van der Waals surface area contributed by atoms with Crippen molar-refractivity contribution in [3.05, 3.63) is 54.6 Å². The first-order chi connectivity index (χ1) is 43.9. The molecule has 5 amide bonds. The first-order valence-corrected chi connectivity index (χ1v) is 33.1. The average molecular weight is 1310 g/mol. The molecule has 6 heterocycles. The van der Waals surface area contributed by atoms with Gasteiger partial charge in [-0.25, -0.2) is 19.4 Å². The number of rotatable bonds is 16. The topological polar surface area (TPSA) is 290 Å². The zero-order chi connectivity index (χ0) is 69.8. The quantitative estimate of drug-likeness (QED) is 0.0901. The summed E-state index contributed by atoms with van der Waals surface area (Å²) in [6.45, 7) is 25.6. The van der Waals surface area contributed by atoms with Crippen LogP contribution < -0.4 is 9.47 Å². The van der Waals surface area contributed by atoms with Gasteiger partial charge in [-0.2, -0.15) is 0 Å². The number of carbonyl (C=O) groups excluding carboxylic acids is 8. The molecule has 8 rings (SSSR count). The molecule has 23 nitrogen and oxygen atoms in total. The summed E-state index contributed by atoms with van der Waals surface area (Å²) in [5.74, 6) is -4.17. The molecular formula is C71H104N6O17. The normalized spacial score (nSPS) is 21.9. The molecule has 94 heavy (non-hydrogen) atoms. The first kappa shape index (κ1) is 75.6. The molecular weight excluding hydrogens is 1210 g/mol. The summed E-state index contributed by atoms with van der Waals surface area (Å²) >= 11 is 0. The van der Waals surface area contributed by atoms with Crippen molar-refractivity contribution in [2.75, 3.05) is 67.1 Å². The number of piperidine rings is 2.